The Bertz CT molecular complexity index is 423. The van der Waals surface area contributed by atoms with Crippen molar-refractivity contribution in [3.8, 4) is 0 Å². The van der Waals surface area contributed by atoms with Crippen LogP contribution in [0.3, 0.4) is 0 Å². The van der Waals surface area contributed by atoms with Crippen LogP contribution in [0.4, 0.5) is 0 Å². The third-order valence-corrected chi connectivity index (χ3v) is 4.78. The van der Waals surface area contributed by atoms with Crippen molar-refractivity contribution in [2.45, 2.75) is 18.9 Å². The molecule has 0 aliphatic carbocycles. The second-order valence-electron chi connectivity index (χ2n) is 5.59. The van der Waals surface area contributed by atoms with E-state index in [0.29, 0.717) is 12.0 Å². The molecule has 0 amide bonds. The van der Waals surface area contributed by atoms with Crippen molar-refractivity contribution in [1.82, 2.24) is 15.2 Å². The van der Waals surface area contributed by atoms with E-state index in [4.69, 9.17) is 4.74 Å². The summed E-state index contributed by atoms with van der Waals surface area (Å²) in [5, 5.41) is 3.45. The lowest BCUT2D eigenvalue weighted by Crippen LogP contribution is -2.47. The number of nitrogens with one attached hydrogen (secondary N) is 1. The Labute approximate surface area is 153 Å². The maximum absolute atomic E-state index is 5.54. The SMILES string of the molecule is Brc1cc([C@H](C2CCOCC2)N2CCNCC2)ccn1.Cl.Cl. The molecule has 1 atom stereocenters. The van der Waals surface area contributed by atoms with E-state index in [2.05, 4.69) is 43.3 Å². The highest BCUT2D eigenvalue weighted by Gasteiger charge is 2.31. The van der Waals surface area contributed by atoms with Crippen molar-refractivity contribution in [3.05, 3.63) is 28.5 Å². The number of hydrogen-bond donors (Lipinski definition) is 1. The summed E-state index contributed by atoms with van der Waals surface area (Å²) in [6.07, 6.45) is 4.23. The molecule has 1 aromatic heterocycles. The number of rotatable bonds is 3. The molecular formula is C15H24BrCl2N3O. The Morgan fingerprint density at radius 2 is 1.91 bits per heavy atom. The third-order valence-electron chi connectivity index (χ3n) is 4.35. The van der Waals surface area contributed by atoms with Gasteiger partial charge in [-0.25, -0.2) is 4.98 Å². The van der Waals surface area contributed by atoms with E-state index in [1.54, 1.807) is 0 Å². The zero-order valence-electron chi connectivity index (χ0n) is 12.5. The van der Waals surface area contributed by atoms with E-state index in [9.17, 15) is 0 Å². The van der Waals surface area contributed by atoms with Gasteiger partial charge in [-0.05, 0) is 52.4 Å². The quantitative estimate of drug-likeness (QED) is 0.774. The van der Waals surface area contributed by atoms with Gasteiger partial charge in [0.15, 0.2) is 0 Å². The molecule has 2 saturated heterocycles. The predicted molar refractivity (Wildman–Crippen MR) is 97.2 cm³/mol. The van der Waals surface area contributed by atoms with Crippen LogP contribution in [-0.2, 0) is 4.74 Å². The maximum atomic E-state index is 5.54. The van der Waals surface area contributed by atoms with Gasteiger partial charge in [-0.3, -0.25) is 4.90 Å². The Morgan fingerprint density at radius 1 is 1.23 bits per heavy atom. The molecule has 7 heteroatoms. The van der Waals surface area contributed by atoms with Gasteiger partial charge < -0.3 is 10.1 Å². The normalized spacial score (nSPS) is 21.5. The minimum absolute atomic E-state index is 0. The van der Waals surface area contributed by atoms with E-state index in [1.807, 2.05) is 6.20 Å². The molecular weight excluding hydrogens is 389 g/mol. The Balaban J connectivity index is 0.00000121. The van der Waals surface area contributed by atoms with Crippen molar-refractivity contribution in [2.24, 2.45) is 5.92 Å². The lowest BCUT2D eigenvalue weighted by Gasteiger charge is -2.41. The number of halogens is 3. The van der Waals surface area contributed by atoms with Gasteiger partial charge >= 0.3 is 0 Å². The molecule has 3 heterocycles. The number of hydrogen-bond acceptors (Lipinski definition) is 4. The summed E-state index contributed by atoms with van der Waals surface area (Å²) >= 11 is 3.51. The summed E-state index contributed by atoms with van der Waals surface area (Å²) < 4.78 is 6.48. The van der Waals surface area contributed by atoms with Crippen LogP contribution in [0.2, 0.25) is 0 Å². The van der Waals surface area contributed by atoms with E-state index in [-0.39, 0.29) is 24.8 Å². The van der Waals surface area contributed by atoms with Gasteiger partial charge in [0.25, 0.3) is 0 Å². The highest BCUT2D eigenvalue weighted by molar-refractivity contribution is 9.10. The molecule has 0 spiro atoms. The molecule has 0 unspecified atom stereocenters. The molecule has 22 heavy (non-hydrogen) atoms. The van der Waals surface area contributed by atoms with Crippen LogP contribution in [0, 0.1) is 5.92 Å². The fraction of sp³-hybridized carbons (Fsp3) is 0.667. The van der Waals surface area contributed by atoms with Crippen molar-refractivity contribution in [1.29, 1.82) is 0 Å². The Kier molecular flexibility index (Phi) is 9.21. The van der Waals surface area contributed by atoms with Crippen LogP contribution in [0.1, 0.15) is 24.4 Å². The standard InChI is InChI=1S/C15H22BrN3O.2ClH/c16-14-11-13(1-4-18-14)15(12-2-9-20-10-3-12)19-7-5-17-6-8-19;;/h1,4,11-12,15,17H,2-3,5-10H2;2*1H/t15-;;/m0../s1. The molecule has 0 radical (unpaired) electrons. The highest BCUT2D eigenvalue weighted by atomic mass is 79.9. The molecule has 0 aromatic carbocycles. The second kappa shape index (κ2) is 10.1. The number of piperazine rings is 1. The van der Waals surface area contributed by atoms with Crippen LogP contribution < -0.4 is 5.32 Å². The van der Waals surface area contributed by atoms with Crippen molar-refractivity contribution >= 4 is 40.7 Å². The summed E-state index contributed by atoms with van der Waals surface area (Å²) in [6, 6.07) is 4.86. The zero-order chi connectivity index (χ0) is 13.8. The Morgan fingerprint density at radius 3 is 2.55 bits per heavy atom. The van der Waals surface area contributed by atoms with E-state index in [1.165, 1.54) is 5.56 Å². The Hall–Kier alpha value is 0.0900. The molecule has 1 N–H and O–H groups in total. The van der Waals surface area contributed by atoms with Gasteiger partial charge in [0.05, 0.1) is 0 Å². The number of ether oxygens (including phenoxy) is 1. The van der Waals surface area contributed by atoms with Gasteiger partial charge in [-0.2, -0.15) is 0 Å². The van der Waals surface area contributed by atoms with E-state index >= 15 is 0 Å². The highest BCUT2D eigenvalue weighted by Crippen LogP contribution is 2.35. The fourth-order valence-electron chi connectivity index (χ4n) is 3.37. The van der Waals surface area contributed by atoms with Crippen molar-refractivity contribution < 1.29 is 4.74 Å². The lowest BCUT2D eigenvalue weighted by atomic mass is 9.86. The first-order valence-corrected chi connectivity index (χ1v) is 8.28. The molecule has 4 nitrogen and oxygen atoms in total. The lowest BCUT2D eigenvalue weighted by molar-refractivity contribution is 0.0213. The first kappa shape index (κ1) is 20.1. The minimum atomic E-state index is 0. The van der Waals surface area contributed by atoms with Crippen LogP contribution in [0.15, 0.2) is 22.9 Å². The maximum Gasteiger partial charge on any atom is 0.106 e. The first-order valence-electron chi connectivity index (χ1n) is 7.48. The van der Waals surface area contributed by atoms with Crippen LogP contribution in [0.25, 0.3) is 0 Å². The monoisotopic (exact) mass is 411 g/mol. The van der Waals surface area contributed by atoms with Crippen LogP contribution in [0.5, 0.6) is 0 Å². The molecule has 2 aliphatic heterocycles. The van der Waals surface area contributed by atoms with Crippen LogP contribution >= 0.6 is 40.7 Å². The van der Waals surface area contributed by atoms with Gasteiger partial charge in [-0.1, -0.05) is 0 Å². The van der Waals surface area contributed by atoms with Crippen molar-refractivity contribution in [3.63, 3.8) is 0 Å². The number of nitrogens with zero attached hydrogens (tertiary/aromatic N) is 2. The summed E-state index contributed by atoms with van der Waals surface area (Å²) in [6.45, 7) is 6.24. The average molecular weight is 413 g/mol. The largest absolute Gasteiger partial charge is 0.381 e. The smallest absolute Gasteiger partial charge is 0.106 e. The molecule has 2 aliphatic rings. The fourth-order valence-corrected chi connectivity index (χ4v) is 3.76. The summed E-state index contributed by atoms with van der Waals surface area (Å²) in [7, 11) is 0. The molecule has 1 aromatic rings. The topological polar surface area (TPSA) is 37.4 Å². The van der Waals surface area contributed by atoms with E-state index < -0.39 is 0 Å². The van der Waals surface area contributed by atoms with E-state index in [0.717, 1.165) is 56.8 Å². The third kappa shape index (κ3) is 5.05. The molecule has 0 bridgehead atoms. The number of aromatic nitrogens is 1. The molecule has 126 valence electrons. The van der Waals surface area contributed by atoms with Crippen LogP contribution in [-0.4, -0.2) is 49.3 Å². The van der Waals surface area contributed by atoms with Gasteiger partial charge in [0, 0.05) is 51.6 Å². The number of pyridine rings is 1. The van der Waals surface area contributed by atoms with Gasteiger partial charge in [0.1, 0.15) is 4.60 Å². The van der Waals surface area contributed by atoms with Crippen molar-refractivity contribution in [2.75, 3.05) is 39.4 Å². The summed E-state index contributed by atoms with van der Waals surface area (Å²) in [4.78, 5) is 6.91. The molecule has 0 saturated carbocycles. The minimum Gasteiger partial charge on any atom is -0.381 e. The average Bonchev–Trinajstić information content (AvgIpc) is 2.50. The summed E-state index contributed by atoms with van der Waals surface area (Å²) in [5.74, 6) is 0.691. The van der Waals surface area contributed by atoms with Gasteiger partial charge in [-0.15, -0.1) is 24.8 Å². The zero-order valence-corrected chi connectivity index (χ0v) is 15.8. The molecule has 3 rings (SSSR count). The second-order valence-corrected chi connectivity index (χ2v) is 6.40. The predicted octanol–water partition coefficient (Wildman–Crippen LogP) is 3.06. The van der Waals surface area contributed by atoms with Gasteiger partial charge in [0.2, 0.25) is 0 Å². The first-order chi connectivity index (χ1) is 9.84. The molecule has 2 fully saturated rings. The summed E-state index contributed by atoms with van der Waals surface area (Å²) in [5.41, 5.74) is 1.39.